The number of benzene rings is 2. The summed E-state index contributed by atoms with van der Waals surface area (Å²) < 4.78 is 24.8. The van der Waals surface area contributed by atoms with Crippen LogP contribution in [0.4, 0.5) is 9.18 Å². The van der Waals surface area contributed by atoms with Gasteiger partial charge in [0.1, 0.15) is 12.4 Å². The number of carbonyl (C=O) groups is 2. The molecule has 3 rings (SSSR count). The molecule has 2 aromatic carbocycles. The second kappa shape index (κ2) is 7.80. The lowest BCUT2D eigenvalue weighted by Gasteiger charge is -2.13. The van der Waals surface area contributed by atoms with Gasteiger partial charge in [0.05, 0.1) is 17.0 Å². The number of halogens is 2. The van der Waals surface area contributed by atoms with Crippen molar-refractivity contribution in [1.82, 2.24) is 5.32 Å². The average molecular weight is 394 g/mol. The third-order valence-electron chi connectivity index (χ3n) is 3.56. The number of imide groups is 1. The monoisotopic (exact) mass is 393 g/mol. The predicted molar refractivity (Wildman–Crippen MR) is 97.8 cm³/mol. The van der Waals surface area contributed by atoms with Crippen molar-refractivity contribution in [2.24, 2.45) is 0 Å². The molecule has 1 fully saturated rings. The molecule has 26 heavy (non-hydrogen) atoms. The van der Waals surface area contributed by atoms with Crippen molar-refractivity contribution in [3.05, 3.63) is 63.3 Å². The van der Waals surface area contributed by atoms with Crippen LogP contribution in [0, 0.1) is 5.82 Å². The summed E-state index contributed by atoms with van der Waals surface area (Å²) in [5.74, 6) is -0.112. The van der Waals surface area contributed by atoms with Crippen molar-refractivity contribution in [2.75, 3.05) is 7.11 Å². The van der Waals surface area contributed by atoms with Gasteiger partial charge in [0, 0.05) is 5.56 Å². The third kappa shape index (κ3) is 4.00. The third-order valence-corrected chi connectivity index (χ3v) is 4.73. The van der Waals surface area contributed by atoms with E-state index < -0.39 is 17.0 Å². The number of amides is 2. The Bertz CT molecular complexity index is 896. The molecule has 0 atom stereocenters. The molecule has 0 aliphatic carbocycles. The Balaban J connectivity index is 1.85. The first-order chi connectivity index (χ1) is 12.5. The van der Waals surface area contributed by atoms with Gasteiger partial charge in [0.2, 0.25) is 0 Å². The highest BCUT2D eigenvalue weighted by atomic mass is 35.5. The summed E-state index contributed by atoms with van der Waals surface area (Å²) in [6, 6.07) is 9.40. The number of hydrogen-bond donors (Lipinski definition) is 1. The summed E-state index contributed by atoms with van der Waals surface area (Å²) in [5.41, 5.74) is 0.865. The summed E-state index contributed by atoms with van der Waals surface area (Å²) >= 11 is 6.82. The Kier molecular flexibility index (Phi) is 5.49. The maximum absolute atomic E-state index is 13.9. The van der Waals surface area contributed by atoms with Crippen molar-refractivity contribution < 1.29 is 23.5 Å². The molecule has 0 unspecified atom stereocenters. The van der Waals surface area contributed by atoms with Crippen LogP contribution < -0.4 is 14.8 Å². The van der Waals surface area contributed by atoms with Crippen LogP contribution in [0.1, 0.15) is 11.1 Å². The van der Waals surface area contributed by atoms with Gasteiger partial charge in [-0.3, -0.25) is 14.9 Å². The fourth-order valence-electron chi connectivity index (χ4n) is 2.29. The quantitative estimate of drug-likeness (QED) is 0.763. The average Bonchev–Trinajstić information content (AvgIpc) is 2.92. The molecule has 1 saturated heterocycles. The van der Waals surface area contributed by atoms with Gasteiger partial charge in [-0.1, -0.05) is 23.7 Å². The number of carbonyl (C=O) groups excluding carboxylic acids is 2. The Hall–Kier alpha value is -2.51. The van der Waals surface area contributed by atoms with Gasteiger partial charge in [0.15, 0.2) is 11.5 Å². The summed E-state index contributed by atoms with van der Waals surface area (Å²) in [7, 11) is 1.48. The lowest BCUT2D eigenvalue weighted by Crippen LogP contribution is -2.17. The molecular weight excluding hydrogens is 381 g/mol. The molecule has 8 heteroatoms. The molecular formula is C18H13ClFNO4S. The lowest BCUT2D eigenvalue weighted by molar-refractivity contribution is -0.115. The smallest absolute Gasteiger partial charge is 0.290 e. The summed E-state index contributed by atoms with van der Waals surface area (Å²) in [4.78, 5) is 23.2. The van der Waals surface area contributed by atoms with Crippen LogP contribution in [0.25, 0.3) is 6.08 Å². The van der Waals surface area contributed by atoms with Crippen LogP contribution in [-0.4, -0.2) is 18.3 Å². The number of thioether (sulfide) groups is 1. The first kappa shape index (κ1) is 18.3. The number of rotatable bonds is 5. The number of nitrogens with one attached hydrogen (secondary N) is 1. The zero-order valence-electron chi connectivity index (χ0n) is 13.5. The fourth-order valence-corrected chi connectivity index (χ4v) is 3.19. The molecule has 0 aromatic heterocycles. The molecule has 1 aliphatic heterocycles. The Morgan fingerprint density at radius 2 is 2.04 bits per heavy atom. The van der Waals surface area contributed by atoms with Gasteiger partial charge >= 0.3 is 0 Å². The predicted octanol–water partition coefficient (Wildman–Crippen LogP) is 4.39. The molecule has 0 saturated carbocycles. The highest BCUT2D eigenvalue weighted by Gasteiger charge is 2.25. The van der Waals surface area contributed by atoms with Crippen molar-refractivity contribution >= 4 is 40.6 Å². The highest BCUT2D eigenvalue weighted by Crippen LogP contribution is 2.32. The second-order valence-corrected chi connectivity index (χ2v) is 6.67. The first-order valence-electron chi connectivity index (χ1n) is 7.46. The van der Waals surface area contributed by atoms with Crippen molar-refractivity contribution in [3.8, 4) is 11.5 Å². The summed E-state index contributed by atoms with van der Waals surface area (Å²) in [5, 5.41) is 2.04. The van der Waals surface area contributed by atoms with E-state index >= 15 is 0 Å². The number of hydrogen-bond acceptors (Lipinski definition) is 5. The minimum Gasteiger partial charge on any atom is -0.493 e. The standard InChI is InChI=1S/C18H13ClFNO4S/c1-24-14-6-5-10(8-16-17(22)21-18(23)26-16)7-15(14)25-9-11-12(19)3-2-4-13(11)20/h2-8H,9H2,1H3,(H,21,22,23)/b16-8-. The van der Waals surface area contributed by atoms with Crippen LogP contribution in [0.3, 0.4) is 0 Å². The Morgan fingerprint density at radius 1 is 1.23 bits per heavy atom. The molecule has 0 radical (unpaired) electrons. The van der Waals surface area contributed by atoms with E-state index in [0.717, 1.165) is 11.8 Å². The maximum Gasteiger partial charge on any atom is 0.290 e. The van der Waals surface area contributed by atoms with Crippen LogP contribution in [-0.2, 0) is 11.4 Å². The zero-order valence-corrected chi connectivity index (χ0v) is 15.1. The molecule has 1 N–H and O–H groups in total. The van der Waals surface area contributed by atoms with Gasteiger partial charge in [-0.2, -0.15) is 0 Å². The topological polar surface area (TPSA) is 64.6 Å². The number of methoxy groups -OCH3 is 1. The maximum atomic E-state index is 13.9. The van der Waals surface area contributed by atoms with Gasteiger partial charge in [-0.05, 0) is 47.7 Å². The Morgan fingerprint density at radius 3 is 2.69 bits per heavy atom. The highest BCUT2D eigenvalue weighted by molar-refractivity contribution is 8.18. The molecule has 134 valence electrons. The fraction of sp³-hybridized carbons (Fsp3) is 0.111. The van der Waals surface area contributed by atoms with Gasteiger partial charge in [-0.25, -0.2) is 4.39 Å². The molecule has 5 nitrogen and oxygen atoms in total. The van der Waals surface area contributed by atoms with Crippen LogP contribution >= 0.6 is 23.4 Å². The molecule has 1 heterocycles. The molecule has 0 bridgehead atoms. The van der Waals surface area contributed by atoms with Crippen molar-refractivity contribution in [3.63, 3.8) is 0 Å². The van der Waals surface area contributed by atoms with E-state index in [9.17, 15) is 14.0 Å². The summed E-state index contributed by atoms with van der Waals surface area (Å²) in [6.45, 7) is -0.0877. The van der Waals surface area contributed by atoms with E-state index in [0.29, 0.717) is 17.1 Å². The first-order valence-corrected chi connectivity index (χ1v) is 8.66. The lowest BCUT2D eigenvalue weighted by atomic mass is 10.1. The largest absolute Gasteiger partial charge is 0.493 e. The van der Waals surface area contributed by atoms with Crippen LogP contribution in [0.5, 0.6) is 11.5 Å². The molecule has 1 aliphatic rings. The van der Waals surface area contributed by atoms with Crippen LogP contribution in [0.15, 0.2) is 41.3 Å². The SMILES string of the molecule is COc1ccc(/C=C2\SC(=O)NC2=O)cc1OCc1c(F)cccc1Cl. The molecule has 0 spiro atoms. The van der Waals surface area contributed by atoms with E-state index in [2.05, 4.69) is 5.32 Å². The second-order valence-electron chi connectivity index (χ2n) is 5.25. The van der Waals surface area contributed by atoms with E-state index in [1.807, 2.05) is 0 Å². The summed E-state index contributed by atoms with van der Waals surface area (Å²) in [6.07, 6.45) is 1.56. The minimum atomic E-state index is -0.465. The van der Waals surface area contributed by atoms with E-state index in [-0.39, 0.29) is 22.1 Å². The van der Waals surface area contributed by atoms with Gasteiger partial charge in [0.25, 0.3) is 11.1 Å². The van der Waals surface area contributed by atoms with E-state index in [1.54, 1.807) is 30.3 Å². The minimum absolute atomic E-state index is 0.0877. The normalized spacial score (nSPS) is 15.3. The van der Waals surface area contributed by atoms with Gasteiger partial charge < -0.3 is 9.47 Å². The van der Waals surface area contributed by atoms with Crippen molar-refractivity contribution in [2.45, 2.75) is 6.61 Å². The van der Waals surface area contributed by atoms with E-state index in [4.69, 9.17) is 21.1 Å². The molecule has 2 amide bonds. The number of ether oxygens (including phenoxy) is 2. The van der Waals surface area contributed by atoms with Crippen molar-refractivity contribution in [1.29, 1.82) is 0 Å². The molecule has 2 aromatic rings. The van der Waals surface area contributed by atoms with Crippen LogP contribution in [0.2, 0.25) is 5.02 Å². The Labute approximate surface area is 158 Å². The zero-order chi connectivity index (χ0) is 18.7. The van der Waals surface area contributed by atoms with Gasteiger partial charge in [-0.15, -0.1) is 0 Å². The van der Waals surface area contributed by atoms with E-state index in [1.165, 1.54) is 19.2 Å².